The summed E-state index contributed by atoms with van der Waals surface area (Å²) in [6.07, 6.45) is 0.706. The van der Waals surface area contributed by atoms with Crippen LogP contribution in [0.25, 0.3) is 0 Å². The first kappa shape index (κ1) is 19.5. The van der Waals surface area contributed by atoms with E-state index in [2.05, 4.69) is 41.5 Å². The van der Waals surface area contributed by atoms with E-state index < -0.39 is 0 Å². The molecule has 1 amide bonds. The first-order chi connectivity index (χ1) is 12.1. The maximum atomic E-state index is 11.9. The molecule has 0 unspecified atom stereocenters. The fraction of sp³-hybridized carbons (Fsp3) is 0.500. The minimum atomic E-state index is 0.0181. The maximum absolute atomic E-state index is 11.9. The Kier molecular flexibility index (Phi) is 7.94. The number of aromatic nitrogens is 3. The van der Waals surface area contributed by atoms with Crippen LogP contribution < -0.4 is 5.32 Å². The molecule has 0 atom stereocenters. The fourth-order valence-electron chi connectivity index (χ4n) is 2.24. The molecule has 0 bridgehead atoms. The predicted molar refractivity (Wildman–Crippen MR) is 99.7 cm³/mol. The summed E-state index contributed by atoms with van der Waals surface area (Å²) in [6.45, 7) is 6.08. The monoisotopic (exact) mass is 362 g/mol. The van der Waals surface area contributed by atoms with Crippen molar-refractivity contribution < 1.29 is 9.53 Å². The van der Waals surface area contributed by atoms with Gasteiger partial charge in [-0.15, -0.1) is 10.2 Å². The van der Waals surface area contributed by atoms with E-state index in [4.69, 9.17) is 4.74 Å². The molecule has 0 spiro atoms. The maximum Gasteiger partial charge on any atom is 0.230 e. The lowest BCUT2D eigenvalue weighted by molar-refractivity contribution is -0.118. The van der Waals surface area contributed by atoms with Crippen LogP contribution in [0.15, 0.2) is 35.5 Å². The van der Waals surface area contributed by atoms with Gasteiger partial charge in [-0.1, -0.05) is 55.9 Å². The third-order valence-electron chi connectivity index (χ3n) is 3.56. The Morgan fingerprint density at radius 2 is 2.04 bits per heavy atom. The molecule has 1 aromatic heterocycles. The minimum absolute atomic E-state index is 0.0181. The van der Waals surface area contributed by atoms with Gasteiger partial charge in [0.1, 0.15) is 5.82 Å². The lowest BCUT2D eigenvalue weighted by Crippen LogP contribution is -2.28. The molecule has 136 valence electrons. The summed E-state index contributed by atoms with van der Waals surface area (Å²) in [7, 11) is 1.67. The Bertz CT molecular complexity index is 658. The van der Waals surface area contributed by atoms with Crippen LogP contribution in [0.3, 0.4) is 0 Å². The normalized spacial score (nSPS) is 11.0. The number of carbonyl (C=O) groups excluding carboxylic acids is 1. The van der Waals surface area contributed by atoms with Gasteiger partial charge < -0.3 is 14.6 Å². The van der Waals surface area contributed by atoms with Crippen molar-refractivity contribution in [3.05, 3.63) is 41.7 Å². The van der Waals surface area contributed by atoms with Crippen LogP contribution in [0.4, 0.5) is 0 Å². The van der Waals surface area contributed by atoms with Crippen LogP contribution in [0.5, 0.6) is 0 Å². The number of thioether (sulfide) groups is 1. The van der Waals surface area contributed by atoms with E-state index >= 15 is 0 Å². The average Bonchev–Trinajstić information content (AvgIpc) is 2.98. The molecule has 7 heteroatoms. The Morgan fingerprint density at radius 1 is 1.28 bits per heavy atom. The number of ether oxygens (including phenoxy) is 1. The Balaban J connectivity index is 2.03. The second kappa shape index (κ2) is 10.2. The largest absolute Gasteiger partial charge is 0.383 e. The molecule has 0 saturated carbocycles. The SMILES string of the molecule is COCCn1c(Cc2ccccc2)nnc1SCC(=O)NCC(C)C. The number of methoxy groups -OCH3 is 1. The second-order valence-corrected chi connectivity index (χ2v) is 7.13. The predicted octanol–water partition coefficient (Wildman–Crippen LogP) is 2.38. The molecule has 0 fully saturated rings. The third kappa shape index (κ3) is 6.51. The molecule has 1 N–H and O–H groups in total. The van der Waals surface area contributed by atoms with Crippen LogP contribution >= 0.6 is 11.8 Å². The van der Waals surface area contributed by atoms with E-state index in [0.29, 0.717) is 37.8 Å². The molecular formula is C18H26N4O2S. The molecule has 25 heavy (non-hydrogen) atoms. The van der Waals surface area contributed by atoms with E-state index in [-0.39, 0.29) is 5.91 Å². The fourth-order valence-corrected chi connectivity index (χ4v) is 3.05. The number of nitrogens with zero attached hydrogens (tertiary/aromatic N) is 3. The lowest BCUT2D eigenvalue weighted by Gasteiger charge is -2.10. The quantitative estimate of drug-likeness (QED) is 0.657. The van der Waals surface area contributed by atoms with Crippen LogP contribution in [0, 0.1) is 5.92 Å². The number of amides is 1. The first-order valence-corrected chi connectivity index (χ1v) is 9.43. The number of hydrogen-bond acceptors (Lipinski definition) is 5. The highest BCUT2D eigenvalue weighted by atomic mass is 32.2. The summed E-state index contributed by atoms with van der Waals surface area (Å²) in [4.78, 5) is 11.9. The molecule has 0 aliphatic heterocycles. The average molecular weight is 362 g/mol. The Hall–Kier alpha value is -1.86. The van der Waals surface area contributed by atoms with Gasteiger partial charge in [0.2, 0.25) is 5.91 Å². The number of nitrogens with one attached hydrogen (secondary N) is 1. The van der Waals surface area contributed by atoms with Crippen LogP contribution in [0.1, 0.15) is 25.2 Å². The highest BCUT2D eigenvalue weighted by molar-refractivity contribution is 7.99. The molecular weight excluding hydrogens is 336 g/mol. The third-order valence-corrected chi connectivity index (χ3v) is 4.52. The van der Waals surface area contributed by atoms with E-state index in [9.17, 15) is 4.79 Å². The van der Waals surface area contributed by atoms with Gasteiger partial charge in [0.05, 0.1) is 12.4 Å². The van der Waals surface area contributed by atoms with Crippen LogP contribution in [-0.4, -0.2) is 46.7 Å². The molecule has 6 nitrogen and oxygen atoms in total. The number of benzene rings is 1. The van der Waals surface area contributed by atoms with Crippen molar-refractivity contribution in [2.45, 2.75) is 32.0 Å². The minimum Gasteiger partial charge on any atom is -0.383 e. The summed E-state index contributed by atoms with van der Waals surface area (Å²) in [6, 6.07) is 10.2. The molecule has 1 heterocycles. The molecule has 0 saturated heterocycles. The van der Waals surface area contributed by atoms with Crippen LogP contribution in [-0.2, 0) is 22.5 Å². The summed E-state index contributed by atoms with van der Waals surface area (Å²) < 4.78 is 7.24. The zero-order valence-corrected chi connectivity index (χ0v) is 15.9. The Labute approximate surface area is 153 Å². The number of carbonyl (C=O) groups is 1. The van der Waals surface area contributed by atoms with Crippen molar-refractivity contribution in [3.8, 4) is 0 Å². The van der Waals surface area contributed by atoms with E-state index in [1.165, 1.54) is 17.3 Å². The Morgan fingerprint density at radius 3 is 2.72 bits per heavy atom. The van der Waals surface area contributed by atoms with Gasteiger partial charge in [0, 0.05) is 26.6 Å². The summed E-state index contributed by atoms with van der Waals surface area (Å²) >= 11 is 1.41. The molecule has 2 aromatic rings. The molecule has 0 aliphatic rings. The van der Waals surface area contributed by atoms with Crippen LogP contribution in [0.2, 0.25) is 0 Å². The van der Waals surface area contributed by atoms with Gasteiger partial charge in [-0.3, -0.25) is 4.79 Å². The van der Waals surface area contributed by atoms with Gasteiger partial charge in [0.15, 0.2) is 5.16 Å². The van der Waals surface area contributed by atoms with E-state index in [1.807, 2.05) is 22.8 Å². The van der Waals surface area contributed by atoms with Crippen molar-refractivity contribution in [2.24, 2.45) is 5.92 Å². The first-order valence-electron chi connectivity index (χ1n) is 8.44. The van der Waals surface area contributed by atoms with Gasteiger partial charge in [-0.2, -0.15) is 0 Å². The lowest BCUT2D eigenvalue weighted by atomic mass is 10.1. The molecule has 0 aliphatic carbocycles. The van der Waals surface area contributed by atoms with E-state index in [0.717, 1.165) is 11.0 Å². The number of rotatable bonds is 10. The number of hydrogen-bond donors (Lipinski definition) is 1. The highest BCUT2D eigenvalue weighted by Crippen LogP contribution is 2.18. The summed E-state index contributed by atoms with van der Waals surface area (Å²) in [5.74, 6) is 1.68. The van der Waals surface area contributed by atoms with E-state index in [1.54, 1.807) is 7.11 Å². The van der Waals surface area contributed by atoms with Crippen molar-refractivity contribution in [2.75, 3.05) is 26.0 Å². The second-order valence-electron chi connectivity index (χ2n) is 6.19. The summed E-state index contributed by atoms with van der Waals surface area (Å²) in [5.41, 5.74) is 1.18. The van der Waals surface area contributed by atoms with Gasteiger partial charge in [0.25, 0.3) is 0 Å². The molecule has 1 aromatic carbocycles. The van der Waals surface area contributed by atoms with Gasteiger partial charge >= 0.3 is 0 Å². The van der Waals surface area contributed by atoms with Crippen molar-refractivity contribution >= 4 is 17.7 Å². The van der Waals surface area contributed by atoms with Gasteiger partial charge in [-0.25, -0.2) is 0 Å². The zero-order chi connectivity index (χ0) is 18.1. The van der Waals surface area contributed by atoms with Crippen molar-refractivity contribution in [1.29, 1.82) is 0 Å². The zero-order valence-electron chi connectivity index (χ0n) is 15.1. The standard InChI is InChI=1S/C18H26N4O2S/c1-14(2)12-19-17(23)13-25-18-21-20-16(22(18)9-10-24-3)11-15-7-5-4-6-8-15/h4-8,14H,9-13H2,1-3H3,(H,19,23). The van der Waals surface area contributed by atoms with Crippen molar-refractivity contribution in [1.82, 2.24) is 20.1 Å². The topological polar surface area (TPSA) is 69.0 Å². The molecule has 0 radical (unpaired) electrons. The van der Waals surface area contributed by atoms with Crippen molar-refractivity contribution in [3.63, 3.8) is 0 Å². The van der Waals surface area contributed by atoms with Gasteiger partial charge in [-0.05, 0) is 11.5 Å². The summed E-state index contributed by atoms with van der Waals surface area (Å²) in [5, 5.41) is 12.3. The smallest absolute Gasteiger partial charge is 0.230 e. The molecule has 2 rings (SSSR count). The highest BCUT2D eigenvalue weighted by Gasteiger charge is 2.14.